The van der Waals surface area contributed by atoms with Gasteiger partial charge in [0.1, 0.15) is 0 Å². The van der Waals surface area contributed by atoms with E-state index in [1.54, 1.807) is 24.1 Å². The average molecular weight is 425 g/mol. The lowest BCUT2D eigenvalue weighted by Gasteiger charge is -2.17. The van der Waals surface area contributed by atoms with Crippen LogP contribution < -0.4 is 9.64 Å². The Morgan fingerprint density at radius 3 is 2.71 bits per heavy atom. The molecule has 1 aromatic heterocycles. The molecule has 7 nitrogen and oxygen atoms in total. The normalized spacial score (nSPS) is 13.3. The van der Waals surface area contributed by atoms with Crippen LogP contribution in [0, 0.1) is 5.82 Å². The Morgan fingerprint density at radius 1 is 1.36 bits per heavy atom. The van der Waals surface area contributed by atoms with Gasteiger partial charge in [-0.15, -0.1) is 10.2 Å². The van der Waals surface area contributed by atoms with E-state index in [9.17, 15) is 14.0 Å². The molecular weight excluding hydrogens is 403 g/mol. The smallest absolute Gasteiger partial charge is 0.233 e. The molecular formula is C18H21FN4O3S2. The number of carbonyl (C=O) groups excluding carboxylic acids is 2. The minimum atomic E-state index is -0.456. The number of benzene rings is 1. The molecule has 0 aliphatic heterocycles. The zero-order chi connectivity index (χ0) is 20.3. The second kappa shape index (κ2) is 8.87. The molecule has 2 aromatic rings. The fourth-order valence-electron chi connectivity index (χ4n) is 2.64. The third-order valence-electron chi connectivity index (χ3n) is 4.23. The molecule has 1 heterocycles. The lowest BCUT2D eigenvalue weighted by molar-refractivity contribution is -0.127. The summed E-state index contributed by atoms with van der Waals surface area (Å²) in [5, 5.41) is 8.74. The van der Waals surface area contributed by atoms with Crippen molar-refractivity contribution in [2.75, 3.05) is 24.8 Å². The van der Waals surface area contributed by atoms with E-state index in [-0.39, 0.29) is 29.4 Å². The maximum absolute atomic E-state index is 13.8. The summed E-state index contributed by atoms with van der Waals surface area (Å²) in [5.41, 5.74) is 0.680. The summed E-state index contributed by atoms with van der Waals surface area (Å²) in [4.78, 5) is 27.4. The molecule has 28 heavy (non-hydrogen) atoms. The van der Waals surface area contributed by atoms with E-state index in [1.807, 2.05) is 0 Å². The van der Waals surface area contributed by atoms with Gasteiger partial charge in [0.25, 0.3) is 0 Å². The highest BCUT2D eigenvalue weighted by molar-refractivity contribution is 8.01. The molecule has 0 saturated heterocycles. The topological polar surface area (TPSA) is 75.6 Å². The van der Waals surface area contributed by atoms with E-state index in [4.69, 9.17) is 4.74 Å². The number of hydrogen-bond donors (Lipinski definition) is 0. The summed E-state index contributed by atoms with van der Waals surface area (Å²) in [6.07, 6.45) is 1.97. The Balaban J connectivity index is 1.53. The Kier molecular flexibility index (Phi) is 6.50. The molecule has 3 rings (SSSR count). The zero-order valence-corrected chi connectivity index (χ0v) is 17.5. The number of methoxy groups -OCH3 is 1. The Labute approximate surface area is 170 Å². The SMILES string of the molecule is COc1ccc(CN(C)C(=O)CSc2nnc(N(C(C)=O)C3CC3)s2)cc1F. The maximum atomic E-state index is 13.8. The van der Waals surface area contributed by atoms with Crippen LogP contribution in [0.4, 0.5) is 9.52 Å². The number of hydrogen-bond acceptors (Lipinski definition) is 7. The Hall–Kier alpha value is -2.20. The van der Waals surface area contributed by atoms with Gasteiger partial charge in [-0.3, -0.25) is 14.5 Å². The van der Waals surface area contributed by atoms with Gasteiger partial charge in [0.2, 0.25) is 16.9 Å². The van der Waals surface area contributed by atoms with Crippen LogP contribution in [-0.4, -0.2) is 52.9 Å². The third kappa shape index (κ3) is 4.99. The highest BCUT2D eigenvalue weighted by atomic mass is 32.2. The summed E-state index contributed by atoms with van der Waals surface area (Å²) < 4.78 is 19.3. The van der Waals surface area contributed by atoms with Crippen molar-refractivity contribution in [3.63, 3.8) is 0 Å². The van der Waals surface area contributed by atoms with Crippen LogP contribution in [0.5, 0.6) is 5.75 Å². The van der Waals surface area contributed by atoms with Gasteiger partial charge < -0.3 is 9.64 Å². The number of thioether (sulfide) groups is 1. The fraction of sp³-hybridized carbons (Fsp3) is 0.444. The van der Waals surface area contributed by atoms with E-state index in [2.05, 4.69) is 10.2 Å². The monoisotopic (exact) mass is 424 g/mol. The van der Waals surface area contributed by atoms with Gasteiger partial charge in [-0.1, -0.05) is 29.2 Å². The number of nitrogens with zero attached hydrogens (tertiary/aromatic N) is 4. The Bertz CT molecular complexity index is 872. The predicted molar refractivity (Wildman–Crippen MR) is 106 cm³/mol. The van der Waals surface area contributed by atoms with Crippen molar-refractivity contribution >= 4 is 40.0 Å². The molecule has 1 aromatic carbocycles. The average Bonchev–Trinajstić information content (AvgIpc) is 3.37. The Morgan fingerprint density at radius 2 is 2.11 bits per heavy atom. The van der Waals surface area contributed by atoms with E-state index in [0.717, 1.165) is 12.8 Å². The van der Waals surface area contributed by atoms with Crippen LogP contribution in [0.15, 0.2) is 22.5 Å². The van der Waals surface area contributed by atoms with Gasteiger partial charge in [-0.2, -0.15) is 0 Å². The van der Waals surface area contributed by atoms with Crippen LogP contribution >= 0.6 is 23.1 Å². The first kappa shape index (κ1) is 20.5. The molecule has 0 radical (unpaired) electrons. The standard InChI is InChI=1S/C18H21FN4O3S2/c1-11(24)23(13-5-6-13)17-20-21-18(28-17)27-10-16(25)22(2)9-12-4-7-15(26-3)14(19)8-12/h4,7-8,13H,5-6,9-10H2,1-3H3. The molecule has 0 spiro atoms. The second-order valence-electron chi connectivity index (χ2n) is 6.48. The largest absolute Gasteiger partial charge is 0.494 e. The van der Waals surface area contributed by atoms with Crippen molar-refractivity contribution in [2.24, 2.45) is 0 Å². The molecule has 1 aliphatic rings. The van der Waals surface area contributed by atoms with Gasteiger partial charge in [0.15, 0.2) is 15.9 Å². The second-order valence-corrected chi connectivity index (χ2v) is 8.66. The maximum Gasteiger partial charge on any atom is 0.233 e. The highest BCUT2D eigenvalue weighted by Gasteiger charge is 2.34. The lowest BCUT2D eigenvalue weighted by Crippen LogP contribution is -2.30. The molecule has 150 valence electrons. The van der Waals surface area contributed by atoms with E-state index < -0.39 is 5.82 Å². The third-order valence-corrected chi connectivity index (χ3v) is 6.27. The van der Waals surface area contributed by atoms with Crippen molar-refractivity contribution in [3.05, 3.63) is 29.6 Å². The molecule has 0 N–H and O–H groups in total. The number of aromatic nitrogens is 2. The van der Waals surface area contributed by atoms with Crippen molar-refractivity contribution in [1.29, 1.82) is 0 Å². The highest BCUT2D eigenvalue weighted by Crippen LogP contribution is 2.35. The van der Waals surface area contributed by atoms with Crippen molar-refractivity contribution in [2.45, 2.75) is 36.7 Å². The van der Waals surface area contributed by atoms with E-state index in [0.29, 0.717) is 21.6 Å². The summed E-state index contributed by atoms with van der Waals surface area (Å²) >= 11 is 2.59. The number of carbonyl (C=O) groups is 2. The van der Waals surface area contributed by atoms with Gasteiger partial charge >= 0.3 is 0 Å². The van der Waals surface area contributed by atoms with Gasteiger partial charge in [0, 0.05) is 26.6 Å². The van der Waals surface area contributed by atoms with Gasteiger partial charge in [-0.05, 0) is 30.5 Å². The summed E-state index contributed by atoms with van der Waals surface area (Å²) in [5.74, 6) is -0.248. The van der Waals surface area contributed by atoms with Crippen LogP contribution in [0.25, 0.3) is 0 Å². The first-order chi connectivity index (χ1) is 13.4. The lowest BCUT2D eigenvalue weighted by atomic mass is 10.2. The fourth-order valence-corrected chi connectivity index (χ4v) is 4.54. The van der Waals surface area contributed by atoms with E-state index >= 15 is 0 Å². The van der Waals surface area contributed by atoms with Gasteiger partial charge in [0.05, 0.1) is 12.9 Å². The molecule has 0 atom stereocenters. The molecule has 10 heteroatoms. The first-order valence-corrected chi connectivity index (χ1v) is 10.5. The number of halogens is 1. The van der Waals surface area contributed by atoms with Gasteiger partial charge in [-0.25, -0.2) is 4.39 Å². The van der Waals surface area contributed by atoms with Crippen molar-refractivity contribution in [1.82, 2.24) is 15.1 Å². The summed E-state index contributed by atoms with van der Waals surface area (Å²) in [6.45, 7) is 1.81. The number of anilines is 1. The quantitative estimate of drug-likeness (QED) is 0.479. The van der Waals surface area contributed by atoms with Crippen LogP contribution in [0.3, 0.4) is 0 Å². The summed E-state index contributed by atoms with van der Waals surface area (Å²) in [6, 6.07) is 4.85. The summed E-state index contributed by atoms with van der Waals surface area (Å²) in [7, 11) is 3.07. The predicted octanol–water partition coefficient (Wildman–Crippen LogP) is 2.95. The van der Waals surface area contributed by atoms with Crippen LogP contribution in [-0.2, 0) is 16.1 Å². The molecule has 1 fully saturated rings. The number of rotatable bonds is 8. The first-order valence-electron chi connectivity index (χ1n) is 8.71. The molecule has 1 saturated carbocycles. The molecule has 0 bridgehead atoms. The molecule has 1 aliphatic carbocycles. The minimum Gasteiger partial charge on any atom is -0.494 e. The van der Waals surface area contributed by atoms with Crippen molar-refractivity contribution < 1.29 is 18.7 Å². The van der Waals surface area contributed by atoms with E-state index in [1.165, 1.54) is 48.1 Å². The number of ether oxygens (including phenoxy) is 1. The molecule has 2 amide bonds. The zero-order valence-electron chi connectivity index (χ0n) is 15.8. The van der Waals surface area contributed by atoms with Crippen molar-refractivity contribution in [3.8, 4) is 5.75 Å². The molecule has 0 unspecified atom stereocenters. The number of amides is 2. The minimum absolute atomic E-state index is 0.0438. The van der Waals surface area contributed by atoms with Crippen LogP contribution in [0.2, 0.25) is 0 Å². The van der Waals surface area contributed by atoms with Crippen LogP contribution in [0.1, 0.15) is 25.3 Å².